The number of hydrogen-bond donors (Lipinski definition) is 5. The summed E-state index contributed by atoms with van der Waals surface area (Å²) < 4.78 is 25.1. The molecule has 2 saturated heterocycles. The van der Waals surface area contributed by atoms with Crippen LogP contribution in [0.15, 0.2) is 46.1 Å². The predicted octanol–water partition coefficient (Wildman–Crippen LogP) is 6.52. The van der Waals surface area contributed by atoms with Gasteiger partial charge < -0.3 is 54.5 Å². The lowest BCUT2D eigenvalue weighted by atomic mass is 9.78. The van der Waals surface area contributed by atoms with E-state index in [-0.39, 0.29) is 49.7 Å². The van der Waals surface area contributed by atoms with Crippen LogP contribution < -0.4 is 20.8 Å². The maximum atomic E-state index is 15.0. The number of phenolic OH excluding ortho intramolecular Hbond substituents is 2. The number of nitrogens with one attached hydrogen (secondary N) is 1. The molecule has 0 radical (unpaired) electrons. The average Bonchev–Trinajstić information content (AvgIpc) is 3.87. The fraction of sp³-hybridized carbons (Fsp3) is 0.661. The molecular formula is C56H80N6O11. The van der Waals surface area contributed by atoms with E-state index in [0.717, 1.165) is 39.3 Å². The number of likely N-dealkylation sites (tertiary alicyclic amines) is 1. The van der Waals surface area contributed by atoms with Gasteiger partial charge in [-0.1, -0.05) is 79.0 Å². The molecule has 1 aliphatic carbocycles. The first-order valence-electron chi connectivity index (χ1n) is 26.7. The molecule has 6 aliphatic heterocycles. The Kier molecular flexibility index (Phi) is 16.4. The Labute approximate surface area is 430 Å². The number of ketones is 1. The Bertz CT molecular complexity index is 2630. The first kappa shape index (κ1) is 54.2. The van der Waals surface area contributed by atoms with Gasteiger partial charge in [0.15, 0.2) is 5.75 Å². The SMILES string of the molecule is CO[C@H]1/C=C/O[C@@]2(C)Oc3c(C)c(O)c4c(O)c(c5c(c4c3C2=O)NC2(CCN(CC(C)C)CC2)N=5)=NC(=O)/C(C)=C\C=C\[C@H](C)[C@H](O)[C@@H](C)[C@@H](O)[C@@H](C)[C@H](OC(=O)N2CCN(CC3CCCCC3)CC2)[C@@H]1C. The number of aromatic hydroxyl groups is 2. The molecule has 6 heterocycles. The van der Waals surface area contributed by atoms with Gasteiger partial charge in [-0.05, 0) is 44.6 Å². The number of piperazine rings is 1. The van der Waals surface area contributed by atoms with Gasteiger partial charge in [-0.3, -0.25) is 19.5 Å². The number of amides is 2. The van der Waals surface area contributed by atoms with Crippen LogP contribution in [0.5, 0.6) is 17.2 Å². The lowest BCUT2D eigenvalue weighted by Gasteiger charge is -2.40. The van der Waals surface area contributed by atoms with Gasteiger partial charge in [-0.15, -0.1) is 0 Å². The van der Waals surface area contributed by atoms with Crippen molar-refractivity contribution in [3.63, 3.8) is 0 Å². The fourth-order valence-corrected chi connectivity index (χ4v) is 12.1. The van der Waals surface area contributed by atoms with Crippen molar-refractivity contribution >= 4 is 34.2 Å². The number of allylic oxidation sites excluding steroid dienone is 2. The highest BCUT2D eigenvalue weighted by Crippen LogP contribution is 2.51. The van der Waals surface area contributed by atoms with Gasteiger partial charge in [0.2, 0.25) is 0 Å². The first-order valence-corrected chi connectivity index (χ1v) is 26.7. The summed E-state index contributed by atoms with van der Waals surface area (Å²) in [5.41, 5.74) is -0.0972. The summed E-state index contributed by atoms with van der Waals surface area (Å²) in [6, 6.07) is 0. The van der Waals surface area contributed by atoms with E-state index in [0.29, 0.717) is 43.5 Å². The molecule has 2 aromatic rings. The second-order valence-corrected chi connectivity index (χ2v) is 22.5. The molecular weight excluding hydrogens is 933 g/mol. The molecule has 9 atom stereocenters. The molecule has 0 unspecified atom stereocenters. The Hall–Kier alpha value is -5.07. The molecule has 400 valence electrons. The highest BCUT2D eigenvalue weighted by Gasteiger charge is 2.51. The maximum Gasteiger partial charge on any atom is 0.410 e. The summed E-state index contributed by atoms with van der Waals surface area (Å²) in [4.78, 5) is 59.3. The molecule has 17 heteroatoms. The summed E-state index contributed by atoms with van der Waals surface area (Å²) in [5.74, 6) is -5.42. The van der Waals surface area contributed by atoms with Crippen LogP contribution in [0.2, 0.25) is 0 Å². The van der Waals surface area contributed by atoms with E-state index in [4.69, 9.17) is 23.9 Å². The molecule has 5 bridgehead atoms. The third kappa shape index (κ3) is 10.9. The molecule has 1 saturated carbocycles. The van der Waals surface area contributed by atoms with Crippen LogP contribution >= 0.6 is 0 Å². The Morgan fingerprint density at radius 3 is 2.22 bits per heavy atom. The minimum atomic E-state index is -1.97. The summed E-state index contributed by atoms with van der Waals surface area (Å²) in [5, 5.41) is 51.7. The topological polar surface area (TPSA) is 216 Å². The molecule has 0 aromatic heterocycles. The van der Waals surface area contributed by atoms with Crippen molar-refractivity contribution in [3.8, 4) is 17.2 Å². The molecule has 17 nitrogen and oxygen atoms in total. The minimum absolute atomic E-state index is 0.0602. The van der Waals surface area contributed by atoms with E-state index in [1.165, 1.54) is 52.4 Å². The van der Waals surface area contributed by atoms with Crippen LogP contribution in [-0.2, 0) is 19.0 Å². The molecule has 2 aromatic carbocycles. The lowest BCUT2D eigenvalue weighted by Crippen LogP contribution is -2.52. The van der Waals surface area contributed by atoms with Gasteiger partial charge in [0.1, 0.15) is 34.0 Å². The van der Waals surface area contributed by atoms with E-state index in [9.17, 15) is 34.8 Å². The number of anilines is 1. The van der Waals surface area contributed by atoms with Crippen molar-refractivity contribution in [2.75, 3.05) is 64.8 Å². The summed E-state index contributed by atoms with van der Waals surface area (Å²) >= 11 is 0. The van der Waals surface area contributed by atoms with Crippen molar-refractivity contribution in [2.24, 2.45) is 45.5 Å². The number of nitrogens with zero attached hydrogens (tertiary/aromatic N) is 5. The molecule has 7 aliphatic rings. The van der Waals surface area contributed by atoms with E-state index in [1.807, 2.05) is 13.8 Å². The minimum Gasteiger partial charge on any atom is -0.507 e. The van der Waals surface area contributed by atoms with Crippen molar-refractivity contribution in [3.05, 3.63) is 58.0 Å². The fourth-order valence-electron chi connectivity index (χ4n) is 12.1. The summed E-state index contributed by atoms with van der Waals surface area (Å²) in [6.07, 6.45) is 11.0. The van der Waals surface area contributed by atoms with Crippen LogP contribution in [0.3, 0.4) is 0 Å². The van der Waals surface area contributed by atoms with E-state index >= 15 is 0 Å². The van der Waals surface area contributed by atoms with Crippen molar-refractivity contribution in [1.82, 2.24) is 14.7 Å². The number of phenols is 2. The van der Waals surface area contributed by atoms with Crippen molar-refractivity contribution in [1.29, 1.82) is 0 Å². The lowest BCUT2D eigenvalue weighted by molar-refractivity contribution is -0.114. The normalized spacial score (nSPS) is 32.3. The highest BCUT2D eigenvalue weighted by atomic mass is 16.7. The number of carbonyl (C=O) groups excluding carboxylic acids is 3. The van der Waals surface area contributed by atoms with Gasteiger partial charge >= 0.3 is 11.9 Å². The standard InChI is InChI=1S/C56H80N6O11/c1-31(2)29-60-22-20-56(21-23-60)58-43-40-41-48(65)37(8)51-42(40)52(67)55(9,73-51)71-28-19-39(70-10)34(5)50(72-54(69)62-26-24-61(25-27-62)30-38-17-12-11-13-18-38)36(7)47(64)35(6)46(63)32(3)15-14-16-33(4)53(68)57-45(49(41)66)44(43)59-56/h14-16,19,28,31-32,34-36,38-39,46-47,50,58,63-66H,11-13,17-18,20-27,29-30H2,1-10H3/b15-14+,28-19+,33-16-,57-45?/t32-,34+,35+,36+,39-,46-,47+,50+,55-/m0/s1. The number of ether oxygens (including phenoxy) is 4. The van der Waals surface area contributed by atoms with E-state index in [1.54, 1.807) is 56.9 Å². The quantitative estimate of drug-likeness (QED) is 0.195. The number of hydrogen-bond acceptors (Lipinski definition) is 15. The third-order valence-corrected chi connectivity index (χ3v) is 16.7. The zero-order chi connectivity index (χ0) is 52.7. The average molecular weight is 1010 g/mol. The second-order valence-electron chi connectivity index (χ2n) is 22.5. The number of aliphatic hydroxyl groups excluding tert-OH is 2. The van der Waals surface area contributed by atoms with E-state index < -0.39 is 83.1 Å². The third-order valence-electron chi connectivity index (χ3n) is 16.7. The predicted molar refractivity (Wildman–Crippen MR) is 277 cm³/mol. The van der Waals surface area contributed by atoms with E-state index in [2.05, 4.69) is 34.0 Å². The number of methoxy groups -OCH3 is 1. The molecule has 73 heavy (non-hydrogen) atoms. The smallest absolute Gasteiger partial charge is 0.410 e. The number of piperidine rings is 1. The summed E-state index contributed by atoms with van der Waals surface area (Å²) in [6.45, 7) is 22.1. The first-order chi connectivity index (χ1) is 34.7. The second kappa shape index (κ2) is 22.0. The maximum absolute atomic E-state index is 15.0. The zero-order valence-corrected chi connectivity index (χ0v) is 44.6. The number of benzene rings is 2. The van der Waals surface area contributed by atoms with Crippen LogP contribution in [0.25, 0.3) is 10.8 Å². The molecule has 5 N–H and O–H groups in total. The monoisotopic (exact) mass is 1010 g/mol. The number of aliphatic hydroxyl groups is 2. The van der Waals surface area contributed by atoms with Gasteiger partial charge in [-0.25, -0.2) is 9.79 Å². The van der Waals surface area contributed by atoms with Crippen LogP contribution in [-0.4, -0.2) is 148 Å². The molecule has 9 rings (SSSR count). The van der Waals surface area contributed by atoms with Crippen LogP contribution in [0.1, 0.15) is 116 Å². The number of rotatable bonds is 6. The molecule has 1 spiro atoms. The van der Waals surface area contributed by atoms with Gasteiger partial charge in [0.05, 0.1) is 41.2 Å². The Balaban J connectivity index is 1.17. The number of fused-ring (bicyclic) bond motifs is 13. The largest absolute Gasteiger partial charge is 0.507 e. The highest BCUT2D eigenvalue weighted by molar-refractivity contribution is 6.21. The van der Waals surface area contributed by atoms with Crippen LogP contribution in [0.4, 0.5) is 10.5 Å². The van der Waals surface area contributed by atoms with Crippen molar-refractivity contribution < 1.29 is 53.8 Å². The Morgan fingerprint density at radius 1 is 0.877 bits per heavy atom. The Morgan fingerprint density at radius 2 is 1.56 bits per heavy atom. The number of Topliss-reactive ketones (excluding diaryl/α,β-unsaturated/α-hetero) is 1. The van der Waals surface area contributed by atoms with Gasteiger partial charge in [0, 0.05) is 119 Å². The van der Waals surface area contributed by atoms with Crippen molar-refractivity contribution in [2.45, 2.75) is 143 Å². The number of carbonyl (C=O) groups is 3. The van der Waals surface area contributed by atoms with Gasteiger partial charge in [-0.2, -0.15) is 0 Å². The van der Waals surface area contributed by atoms with Crippen LogP contribution in [0, 0.1) is 42.4 Å². The molecule has 2 amide bonds. The summed E-state index contributed by atoms with van der Waals surface area (Å²) in [7, 11) is 1.51. The van der Waals surface area contributed by atoms with Gasteiger partial charge in [0.25, 0.3) is 11.7 Å². The molecule has 3 fully saturated rings. The zero-order valence-electron chi connectivity index (χ0n) is 44.6.